The molecular formula is C21H22N2O4. The fourth-order valence-corrected chi connectivity index (χ4v) is 4.22. The number of nitrogens with one attached hydrogen (secondary N) is 1. The van der Waals surface area contributed by atoms with Gasteiger partial charge in [-0.2, -0.15) is 0 Å². The molecule has 0 saturated carbocycles. The summed E-state index contributed by atoms with van der Waals surface area (Å²) in [6, 6.07) is 17.9. The molecule has 0 aliphatic carbocycles. The number of amides is 1. The van der Waals surface area contributed by atoms with Gasteiger partial charge in [0.25, 0.3) is 0 Å². The van der Waals surface area contributed by atoms with Gasteiger partial charge in [-0.1, -0.05) is 60.7 Å². The normalized spacial score (nSPS) is 26.6. The van der Waals surface area contributed by atoms with Crippen LogP contribution in [0.4, 0.5) is 4.79 Å². The van der Waals surface area contributed by atoms with Crippen LogP contribution in [0.15, 0.2) is 60.7 Å². The summed E-state index contributed by atoms with van der Waals surface area (Å²) in [4.78, 5) is 27.7. The van der Waals surface area contributed by atoms with E-state index in [1.165, 1.54) is 4.90 Å². The van der Waals surface area contributed by atoms with Gasteiger partial charge in [-0.05, 0) is 12.0 Å². The van der Waals surface area contributed by atoms with E-state index in [0.29, 0.717) is 18.5 Å². The first-order valence-electron chi connectivity index (χ1n) is 9.13. The number of nitrogens with zero attached hydrogens (tertiary/aromatic N) is 1. The van der Waals surface area contributed by atoms with Crippen molar-refractivity contribution < 1.29 is 19.4 Å². The second kappa shape index (κ2) is 7.13. The van der Waals surface area contributed by atoms with E-state index < -0.39 is 17.7 Å². The number of aliphatic hydroxyl groups excluding tert-OH is 1. The number of likely N-dealkylation sites (tertiary alicyclic amines) is 1. The summed E-state index contributed by atoms with van der Waals surface area (Å²) in [5.41, 5.74) is 0.0258. The Hall–Kier alpha value is -2.70. The number of ketones is 1. The molecule has 1 amide bonds. The average molecular weight is 366 g/mol. The molecule has 0 radical (unpaired) electrons. The van der Waals surface area contributed by atoms with Gasteiger partial charge < -0.3 is 15.2 Å². The Kier molecular flexibility index (Phi) is 4.68. The number of hydrogen-bond acceptors (Lipinski definition) is 5. The van der Waals surface area contributed by atoms with Gasteiger partial charge in [0.2, 0.25) is 0 Å². The molecule has 4 rings (SSSR count). The summed E-state index contributed by atoms with van der Waals surface area (Å²) in [6.45, 7) is 0.757. The molecule has 140 valence electrons. The first-order valence-corrected chi connectivity index (χ1v) is 9.13. The summed E-state index contributed by atoms with van der Waals surface area (Å²) in [6.07, 6.45) is -0.967. The zero-order chi connectivity index (χ0) is 18.9. The van der Waals surface area contributed by atoms with E-state index >= 15 is 0 Å². The molecule has 2 aromatic rings. The summed E-state index contributed by atoms with van der Waals surface area (Å²) in [7, 11) is 0. The Labute approximate surface area is 157 Å². The van der Waals surface area contributed by atoms with Gasteiger partial charge >= 0.3 is 6.09 Å². The zero-order valence-electron chi connectivity index (χ0n) is 14.9. The molecule has 2 fully saturated rings. The van der Waals surface area contributed by atoms with Crippen molar-refractivity contribution in [2.45, 2.75) is 30.7 Å². The predicted molar refractivity (Wildman–Crippen MR) is 99.3 cm³/mol. The van der Waals surface area contributed by atoms with E-state index in [1.54, 1.807) is 24.3 Å². The first kappa shape index (κ1) is 17.7. The Morgan fingerprint density at radius 2 is 1.78 bits per heavy atom. The maximum Gasteiger partial charge on any atom is 0.411 e. The summed E-state index contributed by atoms with van der Waals surface area (Å²) in [5.74, 6) is -0.250. The van der Waals surface area contributed by atoms with E-state index in [-0.39, 0.29) is 25.0 Å². The van der Waals surface area contributed by atoms with E-state index in [0.717, 1.165) is 5.56 Å². The first-order chi connectivity index (χ1) is 13.1. The zero-order valence-corrected chi connectivity index (χ0v) is 14.9. The van der Waals surface area contributed by atoms with Crippen LogP contribution in [0.5, 0.6) is 0 Å². The molecule has 2 N–H and O–H groups in total. The van der Waals surface area contributed by atoms with Crippen molar-refractivity contribution in [2.75, 3.05) is 13.1 Å². The molecule has 0 aromatic heterocycles. The SMILES string of the molecule is O=C(OCc1ccccc1)N1CC[C@H]2NC[C@H](O)[C@]21C(=O)c1ccccc1. The maximum atomic E-state index is 13.4. The lowest BCUT2D eigenvalue weighted by Gasteiger charge is -2.38. The fraction of sp³-hybridized carbons (Fsp3) is 0.333. The topological polar surface area (TPSA) is 78.9 Å². The van der Waals surface area contributed by atoms with Crippen LogP contribution in [0, 0.1) is 0 Å². The Morgan fingerprint density at radius 1 is 1.11 bits per heavy atom. The van der Waals surface area contributed by atoms with Crippen LogP contribution < -0.4 is 5.32 Å². The molecule has 2 aromatic carbocycles. The van der Waals surface area contributed by atoms with Crippen LogP contribution in [0.1, 0.15) is 22.3 Å². The molecule has 0 spiro atoms. The molecule has 2 saturated heterocycles. The highest BCUT2D eigenvalue weighted by Gasteiger charge is 2.64. The van der Waals surface area contributed by atoms with E-state index in [4.69, 9.17) is 4.74 Å². The highest BCUT2D eigenvalue weighted by atomic mass is 16.6. The number of fused-ring (bicyclic) bond motifs is 1. The van der Waals surface area contributed by atoms with Gasteiger partial charge in [-0.15, -0.1) is 0 Å². The molecule has 2 heterocycles. The fourth-order valence-electron chi connectivity index (χ4n) is 4.22. The standard InChI is InChI=1S/C21H22N2O4/c24-18-13-22-17-11-12-23(20(26)27-14-15-7-3-1-4-8-15)21(17,18)19(25)16-9-5-2-6-10-16/h1-10,17-18,22,24H,11-14H2/t17-,18+,21+/m1/s1. The van der Waals surface area contributed by atoms with Gasteiger partial charge in [-0.3, -0.25) is 9.69 Å². The van der Waals surface area contributed by atoms with Crippen LogP contribution in [0.25, 0.3) is 0 Å². The average Bonchev–Trinajstić information content (AvgIpc) is 3.25. The van der Waals surface area contributed by atoms with E-state index in [1.807, 2.05) is 36.4 Å². The van der Waals surface area contributed by atoms with Crippen molar-refractivity contribution in [2.24, 2.45) is 0 Å². The van der Waals surface area contributed by atoms with Crippen molar-refractivity contribution in [1.29, 1.82) is 0 Å². The minimum Gasteiger partial charge on any atom is -0.445 e. The number of carbonyl (C=O) groups is 2. The lowest BCUT2D eigenvalue weighted by Crippen LogP contribution is -2.63. The molecule has 27 heavy (non-hydrogen) atoms. The monoisotopic (exact) mass is 366 g/mol. The second-order valence-corrected chi connectivity index (χ2v) is 6.98. The number of aliphatic hydroxyl groups is 1. The van der Waals surface area contributed by atoms with Crippen LogP contribution >= 0.6 is 0 Å². The van der Waals surface area contributed by atoms with Gasteiger partial charge in [0.15, 0.2) is 11.3 Å². The number of β-amino-alcohol motifs (C(OH)–C–C–N with tert-alkyl or cyclic N) is 1. The highest BCUT2D eigenvalue weighted by Crippen LogP contribution is 2.40. The van der Waals surface area contributed by atoms with Crippen LogP contribution in [0.2, 0.25) is 0 Å². The third-order valence-electron chi connectivity index (χ3n) is 5.51. The Balaban J connectivity index is 1.61. The van der Waals surface area contributed by atoms with Crippen molar-refractivity contribution in [3.63, 3.8) is 0 Å². The van der Waals surface area contributed by atoms with Gasteiger partial charge in [-0.25, -0.2) is 4.79 Å². The molecular weight excluding hydrogens is 344 g/mol. The summed E-state index contributed by atoms with van der Waals surface area (Å²) in [5, 5.41) is 14.0. The largest absolute Gasteiger partial charge is 0.445 e. The Bertz CT molecular complexity index is 827. The maximum absolute atomic E-state index is 13.4. The van der Waals surface area contributed by atoms with Crippen LogP contribution in [-0.4, -0.2) is 52.7 Å². The lowest BCUT2D eigenvalue weighted by atomic mass is 9.81. The molecule has 3 atom stereocenters. The molecule has 6 heteroatoms. The van der Waals surface area contributed by atoms with Crippen molar-refractivity contribution >= 4 is 11.9 Å². The number of ether oxygens (including phenoxy) is 1. The van der Waals surface area contributed by atoms with Crippen molar-refractivity contribution in [3.8, 4) is 0 Å². The van der Waals surface area contributed by atoms with E-state index in [2.05, 4.69) is 5.32 Å². The molecule has 6 nitrogen and oxygen atoms in total. The quantitative estimate of drug-likeness (QED) is 0.809. The van der Waals surface area contributed by atoms with Crippen molar-refractivity contribution in [1.82, 2.24) is 10.2 Å². The van der Waals surface area contributed by atoms with Crippen LogP contribution in [0.3, 0.4) is 0 Å². The lowest BCUT2D eigenvalue weighted by molar-refractivity contribution is 0.0112. The summed E-state index contributed by atoms with van der Waals surface area (Å²) < 4.78 is 5.48. The molecule has 0 unspecified atom stereocenters. The number of carbonyl (C=O) groups excluding carboxylic acids is 2. The van der Waals surface area contributed by atoms with Crippen molar-refractivity contribution in [3.05, 3.63) is 71.8 Å². The number of rotatable bonds is 4. The third kappa shape index (κ3) is 2.91. The Morgan fingerprint density at radius 3 is 2.48 bits per heavy atom. The molecule has 2 aliphatic rings. The third-order valence-corrected chi connectivity index (χ3v) is 5.51. The molecule has 2 aliphatic heterocycles. The summed E-state index contributed by atoms with van der Waals surface area (Å²) >= 11 is 0. The minimum atomic E-state index is -1.32. The van der Waals surface area contributed by atoms with Crippen LogP contribution in [-0.2, 0) is 11.3 Å². The number of hydrogen-bond donors (Lipinski definition) is 2. The van der Waals surface area contributed by atoms with Gasteiger partial charge in [0, 0.05) is 24.7 Å². The highest BCUT2D eigenvalue weighted by molar-refractivity contribution is 6.06. The van der Waals surface area contributed by atoms with E-state index in [9.17, 15) is 14.7 Å². The molecule has 0 bridgehead atoms. The minimum absolute atomic E-state index is 0.125. The smallest absolute Gasteiger partial charge is 0.411 e. The number of Topliss-reactive ketones (excluding diaryl/α,β-unsaturated/α-hetero) is 1. The van der Waals surface area contributed by atoms with Gasteiger partial charge in [0.05, 0.1) is 6.10 Å². The van der Waals surface area contributed by atoms with Gasteiger partial charge in [0.1, 0.15) is 6.61 Å². The predicted octanol–water partition coefficient (Wildman–Crippen LogP) is 1.98. The number of benzene rings is 2. The second-order valence-electron chi connectivity index (χ2n) is 6.98.